The van der Waals surface area contributed by atoms with Crippen LogP contribution in [0.25, 0.3) is 16.5 Å². The highest BCUT2D eigenvalue weighted by Gasteiger charge is 2.46. The standard InChI is InChI=1S/C22H24O/c1-23-22(18-7-6-16-4-2-3-5-17(16)13-18)21-19-9-14-8-15(11-19)12-20(21)10-14/h2-7,13-15,19-20H,8-12H2,1H3. The van der Waals surface area contributed by atoms with Gasteiger partial charge in [-0.2, -0.15) is 0 Å². The van der Waals surface area contributed by atoms with E-state index in [0.717, 1.165) is 23.7 Å². The predicted octanol–water partition coefficient (Wildman–Crippen LogP) is 5.65. The topological polar surface area (TPSA) is 9.23 Å². The number of rotatable bonds is 2. The molecule has 0 amide bonds. The second-order valence-electron chi connectivity index (χ2n) is 7.85. The quantitative estimate of drug-likeness (QED) is 0.651. The summed E-state index contributed by atoms with van der Waals surface area (Å²) in [5, 5.41) is 2.62. The Bertz CT molecular complexity index is 755. The van der Waals surface area contributed by atoms with Crippen LogP contribution in [0.3, 0.4) is 0 Å². The highest BCUT2D eigenvalue weighted by atomic mass is 16.5. The third kappa shape index (κ3) is 2.13. The molecule has 0 aliphatic heterocycles. The van der Waals surface area contributed by atoms with E-state index in [-0.39, 0.29) is 0 Å². The molecule has 4 bridgehead atoms. The number of benzene rings is 2. The lowest BCUT2D eigenvalue weighted by molar-refractivity contribution is 0.0675. The fourth-order valence-corrected chi connectivity index (χ4v) is 5.80. The van der Waals surface area contributed by atoms with Gasteiger partial charge in [0.15, 0.2) is 0 Å². The van der Waals surface area contributed by atoms with Crippen molar-refractivity contribution in [2.24, 2.45) is 23.7 Å². The Hall–Kier alpha value is -1.76. The summed E-state index contributed by atoms with van der Waals surface area (Å²) < 4.78 is 5.99. The highest BCUT2D eigenvalue weighted by molar-refractivity contribution is 5.86. The first-order valence-corrected chi connectivity index (χ1v) is 9.09. The van der Waals surface area contributed by atoms with Crippen LogP contribution in [0, 0.1) is 23.7 Å². The average molecular weight is 304 g/mol. The Morgan fingerprint density at radius 3 is 2.13 bits per heavy atom. The van der Waals surface area contributed by atoms with Gasteiger partial charge >= 0.3 is 0 Å². The number of ether oxygens (including phenoxy) is 1. The third-order valence-electron chi connectivity index (χ3n) is 6.50. The van der Waals surface area contributed by atoms with Gasteiger partial charge in [0.1, 0.15) is 5.76 Å². The fraction of sp³-hybridized carbons (Fsp3) is 0.455. The summed E-state index contributed by atoms with van der Waals surface area (Å²) >= 11 is 0. The molecule has 0 aromatic heterocycles. The van der Waals surface area contributed by atoms with Crippen molar-refractivity contribution in [2.45, 2.75) is 32.1 Å². The second-order valence-corrected chi connectivity index (χ2v) is 7.85. The van der Waals surface area contributed by atoms with Crippen LogP contribution >= 0.6 is 0 Å². The normalized spacial score (nSPS) is 31.6. The summed E-state index contributed by atoms with van der Waals surface area (Å²) in [6.45, 7) is 0. The minimum Gasteiger partial charge on any atom is -0.496 e. The van der Waals surface area contributed by atoms with Gasteiger partial charge in [-0.1, -0.05) is 36.4 Å². The summed E-state index contributed by atoms with van der Waals surface area (Å²) in [4.78, 5) is 0. The van der Waals surface area contributed by atoms with E-state index >= 15 is 0 Å². The van der Waals surface area contributed by atoms with Gasteiger partial charge in [-0.05, 0) is 78.2 Å². The molecule has 6 rings (SSSR count). The largest absolute Gasteiger partial charge is 0.496 e. The van der Waals surface area contributed by atoms with Crippen molar-refractivity contribution in [3.05, 3.63) is 53.6 Å². The maximum atomic E-state index is 5.99. The number of hydrogen-bond acceptors (Lipinski definition) is 1. The lowest BCUT2D eigenvalue weighted by atomic mass is 9.54. The van der Waals surface area contributed by atoms with Crippen LogP contribution < -0.4 is 0 Å². The molecule has 0 atom stereocenters. The first-order valence-electron chi connectivity index (χ1n) is 9.09. The Morgan fingerprint density at radius 1 is 0.826 bits per heavy atom. The molecule has 0 spiro atoms. The molecule has 0 unspecified atom stereocenters. The van der Waals surface area contributed by atoms with Crippen molar-refractivity contribution in [2.75, 3.05) is 7.11 Å². The monoisotopic (exact) mass is 304 g/mol. The van der Waals surface area contributed by atoms with Crippen LogP contribution in [0.15, 0.2) is 48.0 Å². The van der Waals surface area contributed by atoms with E-state index in [1.54, 1.807) is 5.57 Å². The summed E-state index contributed by atoms with van der Waals surface area (Å²) in [6.07, 6.45) is 7.12. The molecule has 0 radical (unpaired) electrons. The summed E-state index contributed by atoms with van der Waals surface area (Å²) in [7, 11) is 1.86. The van der Waals surface area contributed by atoms with Gasteiger partial charge in [-0.25, -0.2) is 0 Å². The van der Waals surface area contributed by atoms with E-state index in [1.807, 2.05) is 7.11 Å². The highest BCUT2D eigenvalue weighted by Crippen LogP contribution is 2.57. The molecule has 0 saturated heterocycles. The van der Waals surface area contributed by atoms with Crippen molar-refractivity contribution >= 4 is 16.5 Å². The second kappa shape index (κ2) is 5.12. The van der Waals surface area contributed by atoms with E-state index in [4.69, 9.17) is 4.74 Å². The van der Waals surface area contributed by atoms with E-state index in [0.29, 0.717) is 0 Å². The molecular formula is C22H24O. The molecule has 0 heterocycles. The van der Waals surface area contributed by atoms with Crippen LogP contribution in [-0.4, -0.2) is 7.11 Å². The lowest BCUT2D eigenvalue weighted by Gasteiger charge is -2.51. The zero-order valence-electron chi connectivity index (χ0n) is 13.8. The van der Waals surface area contributed by atoms with Crippen molar-refractivity contribution < 1.29 is 4.74 Å². The third-order valence-corrected chi connectivity index (χ3v) is 6.50. The molecule has 1 nitrogen and oxygen atoms in total. The first-order chi connectivity index (χ1) is 11.3. The van der Waals surface area contributed by atoms with E-state index in [9.17, 15) is 0 Å². The van der Waals surface area contributed by atoms with Gasteiger partial charge in [0.25, 0.3) is 0 Å². The summed E-state index contributed by atoms with van der Waals surface area (Å²) in [6, 6.07) is 15.4. The van der Waals surface area contributed by atoms with Gasteiger partial charge in [-0.3, -0.25) is 0 Å². The molecule has 118 valence electrons. The molecule has 2 aromatic carbocycles. The average Bonchev–Trinajstić information content (AvgIpc) is 2.57. The SMILES string of the molecule is COC(=C1C2CC3CC(C2)CC1C3)c1ccc2ccccc2c1. The lowest BCUT2D eigenvalue weighted by Crippen LogP contribution is -2.40. The smallest absolute Gasteiger partial charge is 0.125 e. The Morgan fingerprint density at radius 2 is 1.48 bits per heavy atom. The molecular weight excluding hydrogens is 280 g/mol. The van der Waals surface area contributed by atoms with Crippen molar-refractivity contribution in [1.29, 1.82) is 0 Å². The summed E-state index contributed by atoms with van der Waals surface area (Å²) in [5.74, 6) is 4.75. The van der Waals surface area contributed by atoms with Crippen LogP contribution in [0.2, 0.25) is 0 Å². The maximum absolute atomic E-state index is 5.99. The van der Waals surface area contributed by atoms with Crippen molar-refractivity contribution in [1.82, 2.24) is 0 Å². The number of fused-ring (bicyclic) bond motifs is 1. The van der Waals surface area contributed by atoms with Gasteiger partial charge < -0.3 is 4.74 Å². The summed E-state index contributed by atoms with van der Waals surface area (Å²) in [5.41, 5.74) is 2.92. The van der Waals surface area contributed by atoms with E-state index in [1.165, 1.54) is 54.2 Å². The maximum Gasteiger partial charge on any atom is 0.125 e. The first kappa shape index (κ1) is 13.7. The zero-order valence-corrected chi connectivity index (χ0v) is 13.8. The van der Waals surface area contributed by atoms with Crippen LogP contribution in [0.5, 0.6) is 0 Å². The molecule has 4 saturated carbocycles. The van der Waals surface area contributed by atoms with Gasteiger partial charge in [0, 0.05) is 5.56 Å². The molecule has 4 aliphatic carbocycles. The van der Waals surface area contributed by atoms with E-state index in [2.05, 4.69) is 42.5 Å². The Kier molecular flexibility index (Phi) is 3.04. The van der Waals surface area contributed by atoms with Crippen LogP contribution in [-0.2, 0) is 4.74 Å². The minimum atomic E-state index is 0.785. The van der Waals surface area contributed by atoms with Crippen LogP contribution in [0.4, 0.5) is 0 Å². The molecule has 4 fully saturated rings. The van der Waals surface area contributed by atoms with Gasteiger partial charge in [-0.15, -0.1) is 0 Å². The molecule has 2 aromatic rings. The zero-order chi connectivity index (χ0) is 15.4. The van der Waals surface area contributed by atoms with Crippen molar-refractivity contribution in [3.8, 4) is 0 Å². The number of methoxy groups -OCH3 is 1. The number of hydrogen-bond donors (Lipinski definition) is 0. The molecule has 4 aliphatic rings. The van der Waals surface area contributed by atoms with Crippen molar-refractivity contribution in [3.63, 3.8) is 0 Å². The molecule has 23 heavy (non-hydrogen) atoms. The van der Waals surface area contributed by atoms with Gasteiger partial charge in [0.2, 0.25) is 0 Å². The predicted molar refractivity (Wildman–Crippen MR) is 94.9 cm³/mol. The Labute approximate surface area is 138 Å². The van der Waals surface area contributed by atoms with Crippen LogP contribution in [0.1, 0.15) is 37.7 Å². The van der Waals surface area contributed by atoms with Gasteiger partial charge in [0.05, 0.1) is 7.11 Å². The Balaban J connectivity index is 1.63. The number of allylic oxidation sites excluding steroid dienone is 1. The minimum absolute atomic E-state index is 0.785. The molecule has 1 heteroatoms. The molecule has 0 N–H and O–H groups in total. The van der Waals surface area contributed by atoms with E-state index < -0.39 is 0 Å². The fourth-order valence-electron chi connectivity index (χ4n) is 5.80.